The molecule has 0 spiro atoms. The van der Waals surface area contributed by atoms with Crippen LogP contribution in [0.25, 0.3) is 11.0 Å². The van der Waals surface area contributed by atoms with Crippen molar-refractivity contribution in [3.63, 3.8) is 0 Å². The minimum Gasteiger partial charge on any atom is -0.493 e. The lowest BCUT2D eigenvalue weighted by Crippen LogP contribution is -2.33. The van der Waals surface area contributed by atoms with E-state index in [0.717, 1.165) is 66.8 Å². The molecule has 1 heterocycles. The van der Waals surface area contributed by atoms with Crippen LogP contribution >= 0.6 is 0 Å². The third kappa shape index (κ3) is 6.04. The zero-order valence-electron chi connectivity index (χ0n) is 19.5. The second kappa shape index (κ2) is 11.7. The monoisotopic (exact) mass is 445 g/mol. The number of amides is 1. The van der Waals surface area contributed by atoms with Crippen LogP contribution in [0.1, 0.15) is 49.9 Å². The number of aryl methyl sites for hydroxylation is 1. The van der Waals surface area contributed by atoms with Gasteiger partial charge in [-0.3, -0.25) is 4.79 Å². The number of rotatable bonds is 11. The molecule has 4 rings (SSSR count). The van der Waals surface area contributed by atoms with E-state index in [-0.39, 0.29) is 11.8 Å². The second-order valence-corrected chi connectivity index (χ2v) is 8.85. The number of allylic oxidation sites excluding steroid dienone is 1. The zero-order valence-corrected chi connectivity index (χ0v) is 19.5. The van der Waals surface area contributed by atoms with Crippen molar-refractivity contribution < 1.29 is 9.53 Å². The summed E-state index contributed by atoms with van der Waals surface area (Å²) in [4.78, 5) is 17.4. The van der Waals surface area contributed by atoms with Gasteiger partial charge in [0.05, 0.1) is 17.6 Å². The summed E-state index contributed by atoms with van der Waals surface area (Å²) in [7, 11) is 0. The van der Waals surface area contributed by atoms with Gasteiger partial charge in [0.15, 0.2) is 0 Å². The molecule has 1 saturated carbocycles. The molecule has 1 aliphatic carbocycles. The van der Waals surface area contributed by atoms with Crippen molar-refractivity contribution in [1.29, 1.82) is 0 Å². The molecule has 1 amide bonds. The van der Waals surface area contributed by atoms with Gasteiger partial charge >= 0.3 is 0 Å². The molecule has 33 heavy (non-hydrogen) atoms. The van der Waals surface area contributed by atoms with Gasteiger partial charge in [0, 0.05) is 25.4 Å². The molecule has 5 heteroatoms. The van der Waals surface area contributed by atoms with Crippen LogP contribution in [0.5, 0.6) is 5.75 Å². The van der Waals surface area contributed by atoms with Crippen LogP contribution in [-0.4, -0.2) is 28.6 Å². The summed E-state index contributed by atoms with van der Waals surface area (Å²) in [6.07, 6.45) is 9.98. The Balaban J connectivity index is 1.35. The summed E-state index contributed by atoms with van der Waals surface area (Å²) in [5.41, 5.74) is 3.30. The van der Waals surface area contributed by atoms with E-state index in [1.807, 2.05) is 30.3 Å². The first kappa shape index (κ1) is 23.1. The number of benzene rings is 2. The maximum absolute atomic E-state index is 12.5. The lowest BCUT2D eigenvalue weighted by atomic mass is 9.89. The largest absolute Gasteiger partial charge is 0.493 e. The zero-order chi connectivity index (χ0) is 22.9. The number of ether oxygens (including phenoxy) is 1. The number of hydrogen-bond acceptors (Lipinski definition) is 3. The average molecular weight is 446 g/mol. The van der Waals surface area contributed by atoms with E-state index < -0.39 is 0 Å². The van der Waals surface area contributed by atoms with E-state index in [4.69, 9.17) is 9.72 Å². The van der Waals surface area contributed by atoms with E-state index >= 15 is 0 Å². The number of imidazole rings is 1. The van der Waals surface area contributed by atoms with Gasteiger partial charge in [0.25, 0.3) is 0 Å². The Hall–Kier alpha value is -3.08. The Morgan fingerprint density at radius 3 is 2.76 bits per heavy atom. The van der Waals surface area contributed by atoms with Gasteiger partial charge < -0.3 is 14.6 Å². The van der Waals surface area contributed by atoms with E-state index in [2.05, 4.69) is 40.7 Å². The first-order valence-electron chi connectivity index (χ1n) is 12.3. The summed E-state index contributed by atoms with van der Waals surface area (Å²) < 4.78 is 8.36. The van der Waals surface area contributed by atoms with Crippen LogP contribution in [0, 0.1) is 5.92 Å². The minimum absolute atomic E-state index is 0.193. The minimum atomic E-state index is 0.193. The fraction of sp³-hybridized carbons (Fsp3) is 0.429. The Bertz CT molecular complexity index is 1070. The van der Waals surface area contributed by atoms with Crippen LogP contribution in [0.4, 0.5) is 0 Å². The highest BCUT2D eigenvalue weighted by Crippen LogP contribution is 2.24. The third-order valence-corrected chi connectivity index (χ3v) is 6.48. The number of hydrogen-bond donors (Lipinski definition) is 1. The molecule has 0 aliphatic heterocycles. The van der Waals surface area contributed by atoms with Crippen LogP contribution < -0.4 is 10.1 Å². The van der Waals surface area contributed by atoms with Gasteiger partial charge in [-0.25, -0.2) is 4.98 Å². The van der Waals surface area contributed by atoms with Gasteiger partial charge in [-0.05, 0) is 49.4 Å². The summed E-state index contributed by atoms with van der Waals surface area (Å²) >= 11 is 0. The molecule has 2 aromatic carbocycles. The fourth-order valence-electron chi connectivity index (χ4n) is 4.75. The molecule has 0 radical (unpaired) electrons. The molecule has 1 aromatic heterocycles. The van der Waals surface area contributed by atoms with Crippen molar-refractivity contribution in [2.45, 2.75) is 57.9 Å². The van der Waals surface area contributed by atoms with E-state index in [9.17, 15) is 4.79 Å². The quantitative estimate of drug-likeness (QED) is 0.314. The van der Waals surface area contributed by atoms with Crippen LogP contribution in [0.2, 0.25) is 0 Å². The van der Waals surface area contributed by atoms with Gasteiger partial charge in [-0.15, -0.1) is 6.58 Å². The summed E-state index contributed by atoms with van der Waals surface area (Å²) in [6, 6.07) is 16.4. The van der Waals surface area contributed by atoms with E-state index in [1.54, 1.807) is 0 Å². The Kier molecular flexibility index (Phi) is 8.18. The van der Waals surface area contributed by atoms with Crippen molar-refractivity contribution >= 4 is 16.9 Å². The highest BCUT2D eigenvalue weighted by molar-refractivity contribution is 5.78. The molecule has 0 bridgehead atoms. The number of aromatic nitrogens is 2. The molecule has 174 valence electrons. The standard InChI is InChI=1S/C28H35N3O2/c1-2-11-22-12-6-9-17-26(22)33-21-10-20-31-25-16-8-7-15-24(25)30-27(31)18-19-29-28(32)23-13-4-3-5-14-23/h2,6-9,12,15-17,23H,1,3-5,10-11,13-14,18-21H2,(H,29,32). The second-order valence-electron chi connectivity index (χ2n) is 8.85. The number of carbonyl (C=O) groups excluding carboxylic acids is 1. The Morgan fingerprint density at radius 1 is 1.12 bits per heavy atom. The number of fused-ring (bicyclic) bond motifs is 1. The topological polar surface area (TPSA) is 56.1 Å². The predicted molar refractivity (Wildman–Crippen MR) is 133 cm³/mol. The molecule has 5 nitrogen and oxygen atoms in total. The highest BCUT2D eigenvalue weighted by atomic mass is 16.5. The first-order chi connectivity index (χ1) is 16.3. The number of para-hydroxylation sites is 3. The normalized spacial score (nSPS) is 14.3. The molecule has 1 N–H and O–H groups in total. The Morgan fingerprint density at radius 2 is 1.91 bits per heavy atom. The summed E-state index contributed by atoms with van der Waals surface area (Å²) in [5.74, 6) is 2.35. The molecule has 0 atom stereocenters. The van der Waals surface area contributed by atoms with Crippen LogP contribution in [0.15, 0.2) is 61.2 Å². The molecule has 3 aromatic rings. The lowest BCUT2D eigenvalue weighted by molar-refractivity contribution is -0.125. The Labute approximate surface area is 196 Å². The number of carbonyl (C=O) groups is 1. The van der Waals surface area contributed by atoms with Crippen molar-refractivity contribution in [2.24, 2.45) is 5.92 Å². The number of nitrogens with one attached hydrogen (secondary N) is 1. The smallest absolute Gasteiger partial charge is 0.223 e. The van der Waals surface area contributed by atoms with Gasteiger partial charge in [0.1, 0.15) is 11.6 Å². The lowest BCUT2D eigenvalue weighted by Gasteiger charge is -2.20. The average Bonchev–Trinajstić information content (AvgIpc) is 3.20. The predicted octanol–water partition coefficient (Wildman–Crippen LogP) is 5.47. The maximum atomic E-state index is 12.5. The molecule has 0 saturated heterocycles. The van der Waals surface area contributed by atoms with Crippen molar-refractivity contribution in [3.05, 3.63) is 72.6 Å². The molecule has 0 unspecified atom stereocenters. The van der Waals surface area contributed by atoms with Crippen molar-refractivity contribution in [3.8, 4) is 5.75 Å². The molecular weight excluding hydrogens is 410 g/mol. The molecule has 1 fully saturated rings. The number of nitrogens with zero attached hydrogens (tertiary/aromatic N) is 2. The van der Waals surface area contributed by atoms with Gasteiger partial charge in [-0.2, -0.15) is 0 Å². The highest BCUT2D eigenvalue weighted by Gasteiger charge is 2.20. The fourth-order valence-corrected chi connectivity index (χ4v) is 4.75. The van der Waals surface area contributed by atoms with E-state index in [1.165, 1.54) is 19.3 Å². The third-order valence-electron chi connectivity index (χ3n) is 6.48. The van der Waals surface area contributed by atoms with Crippen LogP contribution in [-0.2, 0) is 24.2 Å². The first-order valence-corrected chi connectivity index (χ1v) is 12.3. The van der Waals surface area contributed by atoms with Gasteiger partial charge in [0.2, 0.25) is 5.91 Å². The summed E-state index contributed by atoms with van der Waals surface area (Å²) in [5, 5.41) is 3.15. The van der Waals surface area contributed by atoms with Crippen molar-refractivity contribution in [1.82, 2.24) is 14.9 Å². The summed E-state index contributed by atoms with van der Waals surface area (Å²) in [6.45, 7) is 5.93. The van der Waals surface area contributed by atoms with E-state index in [0.29, 0.717) is 13.2 Å². The maximum Gasteiger partial charge on any atom is 0.223 e. The molecule has 1 aliphatic rings. The molecular formula is C28H35N3O2. The van der Waals surface area contributed by atoms with Crippen LogP contribution in [0.3, 0.4) is 0 Å². The SMILES string of the molecule is C=CCc1ccccc1OCCCn1c(CCNC(=O)C2CCCCC2)nc2ccccc21. The van der Waals surface area contributed by atoms with Crippen molar-refractivity contribution in [2.75, 3.05) is 13.2 Å². The van der Waals surface area contributed by atoms with Gasteiger partial charge in [-0.1, -0.05) is 55.7 Å².